The van der Waals surface area contributed by atoms with Crippen LogP contribution in [-0.4, -0.2) is 23.9 Å². The molecule has 2 atom stereocenters. The van der Waals surface area contributed by atoms with Gasteiger partial charge in [0, 0.05) is 10.3 Å². The Morgan fingerprint density at radius 2 is 1.82 bits per heavy atom. The molecule has 0 unspecified atom stereocenters. The van der Waals surface area contributed by atoms with Crippen LogP contribution in [-0.2, 0) is 14.9 Å². The molecule has 1 fully saturated rings. The maximum absolute atomic E-state index is 13.4. The molecule has 3 aromatic rings. The fourth-order valence-electron chi connectivity index (χ4n) is 4.21. The van der Waals surface area contributed by atoms with Crippen molar-refractivity contribution in [2.45, 2.75) is 54.9 Å². The highest BCUT2D eigenvalue weighted by Crippen LogP contribution is 2.59. The molecule has 33 heavy (non-hydrogen) atoms. The number of nitrogens with one attached hydrogen (secondary N) is 1. The van der Waals surface area contributed by atoms with Gasteiger partial charge >= 0.3 is 5.97 Å². The van der Waals surface area contributed by atoms with Crippen LogP contribution in [0, 0.1) is 0 Å². The van der Waals surface area contributed by atoms with Gasteiger partial charge in [0.05, 0.1) is 4.21 Å². The summed E-state index contributed by atoms with van der Waals surface area (Å²) in [6.07, 6.45) is 0.687. The summed E-state index contributed by atoms with van der Waals surface area (Å²) in [6, 6.07) is 20.4. The van der Waals surface area contributed by atoms with Gasteiger partial charge in [-0.15, -0.1) is 11.3 Å². The summed E-state index contributed by atoms with van der Waals surface area (Å²) in [5.74, 6) is 1.34. The molecule has 1 aliphatic heterocycles. The second kappa shape index (κ2) is 8.08. The van der Waals surface area contributed by atoms with Gasteiger partial charge in [-0.3, -0.25) is 0 Å². The van der Waals surface area contributed by atoms with Crippen molar-refractivity contribution in [2.24, 2.45) is 0 Å². The maximum atomic E-state index is 13.4. The van der Waals surface area contributed by atoms with Crippen molar-refractivity contribution in [3.8, 4) is 21.9 Å². The zero-order chi connectivity index (χ0) is 23.3. The van der Waals surface area contributed by atoms with Gasteiger partial charge in [-0.25, -0.2) is 9.52 Å². The number of ether oxygens (including phenoxy) is 3. The second-order valence-electron chi connectivity index (χ2n) is 9.67. The Morgan fingerprint density at radius 1 is 1.06 bits per heavy atom. The van der Waals surface area contributed by atoms with Crippen molar-refractivity contribution < 1.29 is 19.0 Å². The minimum absolute atomic E-state index is 0.207. The topological polar surface area (TPSA) is 56.8 Å². The van der Waals surface area contributed by atoms with Crippen LogP contribution < -0.4 is 14.2 Å². The number of benzene rings is 2. The van der Waals surface area contributed by atoms with E-state index in [0.717, 1.165) is 31.7 Å². The molecule has 0 amide bonds. The van der Waals surface area contributed by atoms with Crippen LogP contribution >= 0.6 is 23.3 Å². The van der Waals surface area contributed by atoms with E-state index < -0.39 is 11.1 Å². The third kappa shape index (κ3) is 4.14. The standard InChI is InChI=1S/C26H27NO4S2/c1-24(2,3)31-23(28)26(15-25(26,4)18-8-6-5-7-9-18)27-33-22-13-12-21(32-22)17-10-11-19-20(14-17)30-16-29-19/h5-14,27H,15-16H2,1-4H3/t25-,26-/m1/s1. The van der Waals surface area contributed by atoms with E-state index in [1.165, 1.54) is 11.9 Å². The fourth-order valence-corrected chi connectivity index (χ4v) is 6.30. The molecule has 0 spiro atoms. The molecule has 1 aromatic heterocycles. The van der Waals surface area contributed by atoms with Crippen LogP contribution in [0.15, 0.2) is 64.9 Å². The Balaban J connectivity index is 1.36. The molecule has 5 rings (SSSR count). The van der Waals surface area contributed by atoms with Crippen molar-refractivity contribution in [2.75, 3.05) is 6.79 Å². The van der Waals surface area contributed by atoms with Crippen molar-refractivity contribution >= 4 is 29.3 Å². The van der Waals surface area contributed by atoms with Crippen LogP contribution in [0.1, 0.15) is 39.7 Å². The summed E-state index contributed by atoms with van der Waals surface area (Å²) >= 11 is 3.17. The highest BCUT2D eigenvalue weighted by atomic mass is 32.2. The summed E-state index contributed by atoms with van der Waals surface area (Å²) < 4.78 is 21.4. The number of hydrogen-bond donors (Lipinski definition) is 1. The molecule has 1 aliphatic carbocycles. The summed E-state index contributed by atoms with van der Waals surface area (Å²) in [5.41, 5.74) is 0.553. The molecule has 2 aliphatic rings. The smallest absolute Gasteiger partial charge is 0.328 e. The zero-order valence-corrected chi connectivity index (χ0v) is 20.8. The van der Waals surface area contributed by atoms with Gasteiger partial charge in [0.1, 0.15) is 11.1 Å². The highest BCUT2D eigenvalue weighted by molar-refractivity contribution is 7.99. The van der Waals surface area contributed by atoms with E-state index in [-0.39, 0.29) is 18.2 Å². The first kappa shape index (κ1) is 22.3. The Bertz CT molecular complexity index is 1190. The third-order valence-corrected chi connectivity index (χ3v) is 8.37. The molecule has 1 N–H and O–H groups in total. The lowest BCUT2D eigenvalue weighted by atomic mass is 9.93. The molecule has 7 heteroatoms. The normalized spacial score (nSPS) is 23.4. The highest BCUT2D eigenvalue weighted by Gasteiger charge is 2.71. The Labute approximate surface area is 202 Å². The van der Waals surface area contributed by atoms with Gasteiger partial charge in [0.25, 0.3) is 0 Å². The quantitative estimate of drug-likeness (QED) is 0.335. The Hall–Kier alpha value is -2.48. The molecule has 5 nitrogen and oxygen atoms in total. The molecule has 2 heterocycles. The van der Waals surface area contributed by atoms with Gasteiger partial charge in [-0.1, -0.05) is 37.3 Å². The van der Waals surface area contributed by atoms with Crippen LogP contribution in [0.25, 0.3) is 10.4 Å². The van der Waals surface area contributed by atoms with Crippen molar-refractivity contribution in [3.63, 3.8) is 0 Å². The number of esters is 1. The zero-order valence-electron chi connectivity index (χ0n) is 19.1. The number of carbonyl (C=O) groups excluding carboxylic acids is 1. The molecule has 0 radical (unpaired) electrons. The molecular formula is C26H27NO4S2. The van der Waals surface area contributed by atoms with Gasteiger partial charge in [0.2, 0.25) is 6.79 Å². The number of rotatable bonds is 6. The van der Waals surface area contributed by atoms with E-state index in [9.17, 15) is 4.79 Å². The lowest BCUT2D eigenvalue weighted by molar-refractivity contribution is -0.158. The second-order valence-corrected chi connectivity index (χ2v) is 11.9. The lowest BCUT2D eigenvalue weighted by Gasteiger charge is -2.27. The first-order valence-electron chi connectivity index (χ1n) is 10.9. The van der Waals surface area contributed by atoms with E-state index in [2.05, 4.69) is 35.9 Å². The van der Waals surface area contributed by atoms with E-state index >= 15 is 0 Å². The monoisotopic (exact) mass is 481 g/mol. The van der Waals surface area contributed by atoms with Gasteiger partial charge in [-0.2, -0.15) is 0 Å². The summed E-state index contributed by atoms with van der Waals surface area (Å²) in [4.78, 5) is 14.5. The van der Waals surface area contributed by atoms with Crippen molar-refractivity contribution in [1.29, 1.82) is 0 Å². The molecular weight excluding hydrogens is 454 g/mol. The summed E-state index contributed by atoms with van der Waals surface area (Å²) in [7, 11) is 0. The first-order chi connectivity index (χ1) is 15.7. The van der Waals surface area contributed by atoms with Crippen LogP contribution in [0.3, 0.4) is 0 Å². The van der Waals surface area contributed by atoms with E-state index in [1.807, 2.05) is 57.2 Å². The summed E-state index contributed by atoms with van der Waals surface area (Å²) in [6.45, 7) is 8.12. The predicted molar refractivity (Wildman–Crippen MR) is 132 cm³/mol. The number of fused-ring (bicyclic) bond motifs is 1. The number of hydrogen-bond acceptors (Lipinski definition) is 7. The molecule has 172 valence electrons. The van der Waals surface area contributed by atoms with Gasteiger partial charge in [0.15, 0.2) is 11.5 Å². The largest absolute Gasteiger partial charge is 0.459 e. The van der Waals surface area contributed by atoms with E-state index in [4.69, 9.17) is 14.2 Å². The maximum Gasteiger partial charge on any atom is 0.328 e. The first-order valence-corrected chi connectivity index (χ1v) is 12.6. The Kier molecular flexibility index (Phi) is 5.46. The van der Waals surface area contributed by atoms with E-state index in [0.29, 0.717) is 6.42 Å². The third-order valence-electron chi connectivity index (χ3n) is 6.16. The van der Waals surface area contributed by atoms with Crippen LogP contribution in [0.4, 0.5) is 0 Å². The molecule has 1 saturated carbocycles. The minimum Gasteiger partial charge on any atom is -0.459 e. The Morgan fingerprint density at radius 3 is 2.58 bits per heavy atom. The molecule has 0 bridgehead atoms. The average molecular weight is 482 g/mol. The molecule has 0 saturated heterocycles. The summed E-state index contributed by atoms with van der Waals surface area (Å²) in [5, 5.41) is 0. The lowest BCUT2D eigenvalue weighted by Crippen LogP contribution is -2.45. The van der Waals surface area contributed by atoms with Gasteiger partial charge < -0.3 is 14.2 Å². The minimum atomic E-state index is -0.783. The van der Waals surface area contributed by atoms with Crippen LogP contribution in [0.5, 0.6) is 11.5 Å². The predicted octanol–water partition coefficient (Wildman–Crippen LogP) is 6.18. The molecule has 2 aromatic carbocycles. The van der Waals surface area contributed by atoms with Crippen molar-refractivity contribution in [1.82, 2.24) is 4.72 Å². The fraction of sp³-hybridized carbons (Fsp3) is 0.346. The number of thiophene rings is 1. The average Bonchev–Trinajstić information content (AvgIpc) is 3.14. The SMILES string of the molecule is CC(C)(C)OC(=O)[C@]1(NSc2ccc(-c3ccc4c(c3)OCO4)s2)C[C@]1(C)c1ccccc1. The number of carbonyl (C=O) groups is 1. The van der Waals surface area contributed by atoms with Gasteiger partial charge in [-0.05, 0) is 80.6 Å². The van der Waals surface area contributed by atoms with Crippen LogP contribution in [0.2, 0.25) is 0 Å². The van der Waals surface area contributed by atoms with E-state index in [1.54, 1.807) is 11.3 Å². The van der Waals surface area contributed by atoms with Crippen molar-refractivity contribution in [3.05, 3.63) is 66.2 Å².